The summed E-state index contributed by atoms with van der Waals surface area (Å²) in [4.78, 5) is 0. The van der Waals surface area contributed by atoms with E-state index in [1.165, 1.54) is 0 Å². The van der Waals surface area contributed by atoms with Crippen molar-refractivity contribution in [1.82, 2.24) is 10.5 Å². The van der Waals surface area contributed by atoms with Crippen molar-refractivity contribution < 1.29 is 19.1 Å². The average Bonchev–Trinajstić information content (AvgIpc) is 2.91. The molecule has 6 nitrogen and oxygen atoms in total. The summed E-state index contributed by atoms with van der Waals surface area (Å²) < 4.78 is 15.6. The normalized spacial score (nSPS) is 12.7. The van der Waals surface area contributed by atoms with Crippen LogP contribution in [0, 0.1) is 0 Å². The first-order valence-corrected chi connectivity index (χ1v) is 6.76. The highest BCUT2D eigenvalue weighted by Gasteiger charge is 2.04. The predicted octanol–water partition coefficient (Wildman–Crippen LogP) is 0.958. The maximum Gasteiger partial charge on any atom is 0.150 e. The van der Waals surface area contributed by atoms with Crippen LogP contribution >= 0.6 is 0 Å². The molecular formula is C13H24N2O4. The van der Waals surface area contributed by atoms with E-state index >= 15 is 0 Å². The van der Waals surface area contributed by atoms with Gasteiger partial charge in [0.05, 0.1) is 38.7 Å². The molecule has 0 saturated heterocycles. The number of hydrogen-bond donors (Lipinski definition) is 2. The molecule has 0 amide bonds. The lowest BCUT2D eigenvalue weighted by atomic mass is 10.3. The summed E-state index contributed by atoms with van der Waals surface area (Å²) in [5.41, 5.74) is 0. The first-order valence-electron chi connectivity index (χ1n) is 6.76. The molecule has 1 rings (SSSR count). The Morgan fingerprint density at radius 2 is 2.21 bits per heavy atom. The lowest BCUT2D eigenvalue weighted by Crippen LogP contribution is -2.30. The number of nitrogens with zero attached hydrogens (tertiary/aromatic N) is 1. The maximum atomic E-state index is 9.64. The largest absolute Gasteiger partial charge is 0.389 e. The number of aromatic nitrogens is 1. The van der Waals surface area contributed by atoms with Gasteiger partial charge in [-0.15, -0.1) is 0 Å². The first kappa shape index (κ1) is 16.1. The predicted molar refractivity (Wildman–Crippen MR) is 70.8 cm³/mol. The average molecular weight is 272 g/mol. The van der Waals surface area contributed by atoms with Crippen LogP contribution in [0.4, 0.5) is 0 Å². The lowest BCUT2D eigenvalue weighted by Gasteiger charge is -2.11. The van der Waals surface area contributed by atoms with Gasteiger partial charge in [-0.3, -0.25) is 0 Å². The minimum Gasteiger partial charge on any atom is -0.389 e. The van der Waals surface area contributed by atoms with E-state index in [0.717, 1.165) is 25.2 Å². The Morgan fingerprint density at radius 3 is 2.95 bits per heavy atom. The van der Waals surface area contributed by atoms with Crippen LogP contribution < -0.4 is 5.32 Å². The van der Waals surface area contributed by atoms with Crippen LogP contribution in [0.1, 0.15) is 25.5 Å². The van der Waals surface area contributed by atoms with Gasteiger partial charge in [0.1, 0.15) is 5.76 Å². The summed E-state index contributed by atoms with van der Waals surface area (Å²) >= 11 is 0. The number of nitrogens with one attached hydrogen (secondary N) is 1. The fourth-order valence-electron chi connectivity index (χ4n) is 1.44. The third-order valence-corrected chi connectivity index (χ3v) is 2.49. The van der Waals surface area contributed by atoms with Crippen molar-refractivity contribution in [3.63, 3.8) is 0 Å². The van der Waals surface area contributed by atoms with Gasteiger partial charge in [0.25, 0.3) is 0 Å². The number of unbranched alkanes of at least 4 members (excludes halogenated alkanes) is 1. The monoisotopic (exact) mass is 272 g/mol. The second kappa shape index (κ2) is 10.9. The molecule has 0 aliphatic carbocycles. The fourth-order valence-corrected chi connectivity index (χ4v) is 1.44. The van der Waals surface area contributed by atoms with E-state index in [1.807, 2.05) is 0 Å². The van der Waals surface area contributed by atoms with Crippen LogP contribution in [0.2, 0.25) is 0 Å². The van der Waals surface area contributed by atoms with E-state index in [0.29, 0.717) is 32.9 Å². The van der Waals surface area contributed by atoms with Crippen LogP contribution in [0.5, 0.6) is 0 Å². The second-order valence-electron chi connectivity index (χ2n) is 4.30. The van der Waals surface area contributed by atoms with Gasteiger partial charge in [-0.1, -0.05) is 18.5 Å². The van der Waals surface area contributed by atoms with Gasteiger partial charge in [0, 0.05) is 19.2 Å². The Hall–Kier alpha value is -0.950. The van der Waals surface area contributed by atoms with Gasteiger partial charge in [0.15, 0.2) is 0 Å². The highest BCUT2D eigenvalue weighted by molar-refractivity contribution is 4.91. The molecule has 1 atom stereocenters. The number of hydrogen-bond acceptors (Lipinski definition) is 6. The lowest BCUT2D eigenvalue weighted by molar-refractivity contribution is 0.00373. The maximum absolute atomic E-state index is 9.64. The Bertz CT molecular complexity index is 293. The van der Waals surface area contributed by atoms with Crippen molar-refractivity contribution in [2.75, 3.05) is 33.0 Å². The van der Waals surface area contributed by atoms with E-state index in [2.05, 4.69) is 17.4 Å². The van der Waals surface area contributed by atoms with Crippen LogP contribution in [0.15, 0.2) is 16.8 Å². The van der Waals surface area contributed by atoms with Crippen LogP contribution in [-0.4, -0.2) is 49.3 Å². The summed E-state index contributed by atoms with van der Waals surface area (Å²) in [6.45, 7) is 5.32. The van der Waals surface area contributed by atoms with E-state index in [4.69, 9.17) is 14.0 Å². The summed E-state index contributed by atoms with van der Waals surface area (Å²) in [6.07, 6.45) is 3.28. The molecule has 1 unspecified atom stereocenters. The molecule has 6 heteroatoms. The van der Waals surface area contributed by atoms with Gasteiger partial charge >= 0.3 is 0 Å². The molecule has 2 N–H and O–H groups in total. The number of aliphatic hydroxyl groups is 1. The molecule has 110 valence electrons. The molecule has 0 radical (unpaired) electrons. The summed E-state index contributed by atoms with van der Waals surface area (Å²) in [7, 11) is 0. The zero-order valence-corrected chi connectivity index (χ0v) is 11.5. The zero-order chi connectivity index (χ0) is 13.8. The van der Waals surface area contributed by atoms with Crippen molar-refractivity contribution >= 4 is 0 Å². The standard InChI is InChI=1S/C13H24N2O4/c1-2-3-6-17-7-8-18-11-12(16)9-14-10-13-4-5-15-19-13/h4-5,12,14,16H,2-3,6-11H2,1H3. The van der Waals surface area contributed by atoms with Crippen LogP contribution in [0.3, 0.4) is 0 Å². The number of aliphatic hydroxyl groups excluding tert-OH is 1. The molecule has 0 aliphatic rings. The van der Waals surface area contributed by atoms with E-state index in [-0.39, 0.29) is 0 Å². The van der Waals surface area contributed by atoms with E-state index in [1.54, 1.807) is 12.3 Å². The van der Waals surface area contributed by atoms with Crippen molar-refractivity contribution in [1.29, 1.82) is 0 Å². The molecule has 0 bridgehead atoms. The minimum atomic E-state index is -0.529. The summed E-state index contributed by atoms with van der Waals surface area (Å²) in [5, 5.41) is 16.3. The topological polar surface area (TPSA) is 76.8 Å². The van der Waals surface area contributed by atoms with E-state index in [9.17, 15) is 5.11 Å². The van der Waals surface area contributed by atoms with Gasteiger partial charge in [-0.05, 0) is 6.42 Å². The molecule has 1 heterocycles. The Balaban J connectivity index is 1.86. The van der Waals surface area contributed by atoms with Gasteiger partial charge in [-0.2, -0.15) is 0 Å². The molecule has 0 aliphatic heterocycles. The Morgan fingerprint density at radius 1 is 1.37 bits per heavy atom. The van der Waals surface area contributed by atoms with Gasteiger partial charge in [-0.25, -0.2) is 0 Å². The molecular weight excluding hydrogens is 248 g/mol. The van der Waals surface area contributed by atoms with Gasteiger partial charge < -0.3 is 24.4 Å². The number of ether oxygens (including phenoxy) is 2. The Kier molecular flexibility index (Phi) is 9.26. The van der Waals surface area contributed by atoms with Crippen LogP contribution in [-0.2, 0) is 16.0 Å². The molecule has 1 aromatic rings. The highest BCUT2D eigenvalue weighted by atomic mass is 16.5. The fraction of sp³-hybridized carbons (Fsp3) is 0.769. The van der Waals surface area contributed by atoms with Gasteiger partial charge in [0.2, 0.25) is 0 Å². The molecule has 0 saturated carbocycles. The van der Waals surface area contributed by atoms with E-state index < -0.39 is 6.10 Å². The third kappa shape index (κ3) is 8.72. The Labute approximate surface area is 114 Å². The van der Waals surface area contributed by atoms with Crippen molar-refractivity contribution in [3.8, 4) is 0 Å². The third-order valence-electron chi connectivity index (χ3n) is 2.49. The molecule has 19 heavy (non-hydrogen) atoms. The summed E-state index contributed by atoms with van der Waals surface area (Å²) in [5.74, 6) is 0.748. The van der Waals surface area contributed by atoms with Crippen molar-refractivity contribution in [2.24, 2.45) is 0 Å². The molecule has 0 aromatic carbocycles. The first-order chi connectivity index (χ1) is 9.33. The van der Waals surface area contributed by atoms with Crippen molar-refractivity contribution in [3.05, 3.63) is 18.0 Å². The molecule has 1 aromatic heterocycles. The minimum absolute atomic E-state index is 0.306. The SMILES string of the molecule is CCCCOCCOCC(O)CNCc1ccno1. The second-order valence-corrected chi connectivity index (χ2v) is 4.30. The smallest absolute Gasteiger partial charge is 0.150 e. The van der Waals surface area contributed by atoms with Crippen molar-refractivity contribution in [2.45, 2.75) is 32.4 Å². The molecule has 0 fully saturated rings. The summed E-state index contributed by atoms with van der Waals surface area (Å²) in [6, 6.07) is 1.78. The highest BCUT2D eigenvalue weighted by Crippen LogP contribution is 1.95. The van der Waals surface area contributed by atoms with Crippen LogP contribution in [0.25, 0.3) is 0 Å². The molecule has 0 spiro atoms. The number of rotatable bonds is 12. The quantitative estimate of drug-likeness (QED) is 0.552. The zero-order valence-electron chi connectivity index (χ0n) is 11.5.